The van der Waals surface area contributed by atoms with Gasteiger partial charge in [-0.25, -0.2) is 8.42 Å². The highest BCUT2D eigenvalue weighted by Crippen LogP contribution is 2.33. The molecule has 2 aromatic rings. The Morgan fingerprint density at radius 3 is 2.70 bits per heavy atom. The number of halogens is 1. The van der Waals surface area contributed by atoms with E-state index < -0.39 is 10.0 Å². The molecule has 0 amide bonds. The minimum absolute atomic E-state index is 0.0497. The number of ether oxygens (including phenoxy) is 1. The third-order valence-electron chi connectivity index (χ3n) is 2.53. The first-order valence-electron chi connectivity index (χ1n) is 5.49. The third kappa shape index (κ3) is 2.88. The van der Waals surface area contributed by atoms with Crippen molar-refractivity contribution in [3.63, 3.8) is 0 Å². The van der Waals surface area contributed by atoms with Crippen molar-refractivity contribution in [3.8, 4) is 5.75 Å². The SMILES string of the molecule is COc1cc(Br)c(N)cc1S(=O)(=O)Nc1ccn(C)n1. The van der Waals surface area contributed by atoms with Gasteiger partial charge >= 0.3 is 0 Å². The Morgan fingerprint density at radius 1 is 1.45 bits per heavy atom. The third-order valence-corrected chi connectivity index (χ3v) is 4.59. The molecule has 7 nitrogen and oxygen atoms in total. The fraction of sp³-hybridized carbons (Fsp3) is 0.182. The topological polar surface area (TPSA) is 99.2 Å². The molecule has 2 rings (SSSR count). The molecule has 1 heterocycles. The van der Waals surface area contributed by atoms with Gasteiger partial charge < -0.3 is 10.5 Å². The quantitative estimate of drug-likeness (QED) is 0.806. The van der Waals surface area contributed by atoms with E-state index in [-0.39, 0.29) is 16.5 Å². The van der Waals surface area contributed by atoms with E-state index in [0.29, 0.717) is 10.2 Å². The van der Waals surface area contributed by atoms with E-state index in [2.05, 4.69) is 25.8 Å². The van der Waals surface area contributed by atoms with Crippen LogP contribution in [-0.2, 0) is 17.1 Å². The average molecular weight is 361 g/mol. The van der Waals surface area contributed by atoms with Gasteiger partial charge in [-0.15, -0.1) is 0 Å². The number of hydrogen-bond acceptors (Lipinski definition) is 5. The zero-order valence-corrected chi connectivity index (χ0v) is 13.2. The molecule has 0 unspecified atom stereocenters. The van der Waals surface area contributed by atoms with Gasteiger partial charge in [0.25, 0.3) is 10.0 Å². The summed E-state index contributed by atoms with van der Waals surface area (Å²) in [7, 11) is -0.757. The Hall–Kier alpha value is -1.74. The van der Waals surface area contributed by atoms with Crippen LogP contribution in [0.15, 0.2) is 33.8 Å². The molecular formula is C11H13BrN4O3S. The van der Waals surface area contributed by atoms with Crippen molar-refractivity contribution in [2.45, 2.75) is 4.90 Å². The normalized spacial score (nSPS) is 11.3. The van der Waals surface area contributed by atoms with E-state index in [1.165, 1.54) is 23.9 Å². The van der Waals surface area contributed by atoms with E-state index in [1.54, 1.807) is 19.3 Å². The molecule has 0 saturated carbocycles. The van der Waals surface area contributed by atoms with Gasteiger partial charge in [-0.05, 0) is 28.1 Å². The number of nitrogens with zero attached hydrogens (tertiary/aromatic N) is 2. The number of aromatic nitrogens is 2. The standard InChI is InChI=1S/C11H13BrN4O3S/c1-16-4-3-11(14-16)15-20(17,18)10-6-8(13)7(12)5-9(10)19-2/h3-6H,13H2,1-2H3,(H,14,15). The molecule has 0 saturated heterocycles. The van der Waals surface area contributed by atoms with E-state index in [0.717, 1.165) is 0 Å². The molecule has 0 atom stereocenters. The summed E-state index contributed by atoms with van der Waals surface area (Å²) in [6, 6.07) is 4.38. The number of aryl methyl sites for hydroxylation is 1. The van der Waals surface area contributed by atoms with Crippen molar-refractivity contribution < 1.29 is 13.2 Å². The first-order valence-corrected chi connectivity index (χ1v) is 7.76. The van der Waals surface area contributed by atoms with Crippen molar-refractivity contribution in [1.82, 2.24) is 9.78 Å². The Balaban J connectivity index is 2.46. The molecule has 0 aliphatic heterocycles. The van der Waals surface area contributed by atoms with Crippen LogP contribution in [0.1, 0.15) is 0 Å². The molecule has 0 spiro atoms. The molecule has 0 fully saturated rings. The number of hydrogen-bond donors (Lipinski definition) is 2. The number of benzene rings is 1. The smallest absolute Gasteiger partial charge is 0.266 e. The largest absolute Gasteiger partial charge is 0.495 e. The summed E-state index contributed by atoms with van der Waals surface area (Å²) < 4.78 is 34.2. The number of sulfonamides is 1. The second kappa shape index (κ2) is 5.33. The molecule has 0 aliphatic carbocycles. The maximum atomic E-state index is 12.3. The number of anilines is 2. The van der Waals surface area contributed by atoms with Gasteiger partial charge in [-0.1, -0.05) is 0 Å². The minimum atomic E-state index is -3.83. The Labute approximate surface area is 124 Å². The molecule has 3 N–H and O–H groups in total. The Morgan fingerprint density at radius 2 is 2.15 bits per heavy atom. The van der Waals surface area contributed by atoms with Gasteiger partial charge in [0.15, 0.2) is 5.82 Å². The molecule has 1 aromatic carbocycles. The van der Waals surface area contributed by atoms with Crippen molar-refractivity contribution in [2.75, 3.05) is 17.6 Å². The highest BCUT2D eigenvalue weighted by Gasteiger charge is 2.22. The van der Waals surface area contributed by atoms with Crippen LogP contribution < -0.4 is 15.2 Å². The molecule has 9 heteroatoms. The lowest BCUT2D eigenvalue weighted by Crippen LogP contribution is -2.15. The lowest BCUT2D eigenvalue weighted by atomic mass is 10.3. The van der Waals surface area contributed by atoms with Crippen LogP contribution >= 0.6 is 15.9 Å². The summed E-state index contributed by atoms with van der Waals surface area (Å²) in [6.45, 7) is 0. The van der Waals surface area contributed by atoms with Crippen LogP contribution in [0.3, 0.4) is 0 Å². The van der Waals surface area contributed by atoms with Gasteiger partial charge in [0.2, 0.25) is 0 Å². The summed E-state index contributed by atoms with van der Waals surface area (Å²) in [5.74, 6) is 0.408. The zero-order valence-electron chi connectivity index (χ0n) is 10.8. The monoisotopic (exact) mass is 360 g/mol. The van der Waals surface area contributed by atoms with Gasteiger partial charge in [0, 0.05) is 29.5 Å². The fourth-order valence-corrected chi connectivity index (χ4v) is 3.09. The van der Waals surface area contributed by atoms with E-state index >= 15 is 0 Å². The number of nitrogen functional groups attached to an aromatic ring is 1. The molecular weight excluding hydrogens is 348 g/mol. The maximum Gasteiger partial charge on any atom is 0.266 e. The van der Waals surface area contributed by atoms with Crippen molar-refractivity contribution in [2.24, 2.45) is 7.05 Å². The summed E-state index contributed by atoms with van der Waals surface area (Å²) in [4.78, 5) is -0.0497. The first-order chi connectivity index (χ1) is 9.33. The van der Waals surface area contributed by atoms with Crippen LogP contribution in [0.25, 0.3) is 0 Å². The molecule has 20 heavy (non-hydrogen) atoms. The van der Waals surface area contributed by atoms with E-state index in [4.69, 9.17) is 10.5 Å². The first kappa shape index (κ1) is 14.7. The van der Waals surface area contributed by atoms with Crippen LogP contribution in [0.2, 0.25) is 0 Å². The summed E-state index contributed by atoms with van der Waals surface area (Å²) in [6.07, 6.45) is 1.63. The molecule has 0 aliphatic rings. The number of nitrogens with one attached hydrogen (secondary N) is 1. The second-order valence-corrected chi connectivity index (χ2v) is 6.51. The number of rotatable bonds is 4. The molecule has 1 aromatic heterocycles. The molecule has 108 valence electrons. The predicted octanol–water partition coefficient (Wildman–Crippen LogP) is 1.57. The van der Waals surface area contributed by atoms with Crippen molar-refractivity contribution in [1.29, 1.82) is 0 Å². The van der Waals surface area contributed by atoms with Crippen LogP contribution in [0, 0.1) is 0 Å². The van der Waals surface area contributed by atoms with Crippen LogP contribution in [-0.4, -0.2) is 25.3 Å². The molecule has 0 bridgehead atoms. The lowest BCUT2D eigenvalue weighted by molar-refractivity contribution is 0.402. The highest BCUT2D eigenvalue weighted by atomic mass is 79.9. The van der Waals surface area contributed by atoms with Gasteiger partial charge in [0.05, 0.1) is 7.11 Å². The number of methoxy groups -OCH3 is 1. The summed E-state index contributed by atoms with van der Waals surface area (Å²) in [5.41, 5.74) is 6.02. The Bertz CT molecular complexity index is 742. The predicted molar refractivity (Wildman–Crippen MR) is 79.1 cm³/mol. The van der Waals surface area contributed by atoms with Gasteiger partial charge in [-0.3, -0.25) is 9.40 Å². The van der Waals surface area contributed by atoms with Gasteiger partial charge in [0.1, 0.15) is 10.6 Å². The lowest BCUT2D eigenvalue weighted by Gasteiger charge is -2.12. The van der Waals surface area contributed by atoms with Crippen molar-refractivity contribution in [3.05, 3.63) is 28.9 Å². The average Bonchev–Trinajstić information content (AvgIpc) is 2.76. The molecule has 0 radical (unpaired) electrons. The van der Waals surface area contributed by atoms with E-state index in [9.17, 15) is 8.42 Å². The number of nitrogens with two attached hydrogens (primary N) is 1. The van der Waals surface area contributed by atoms with Crippen LogP contribution in [0.5, 0.6) is 5.75 Å². The van der Waals surface area contributed by atoms with Crippen molar-refractivity contribution >= 4 is 37.5 Å². The highest BCUT2D eigenvalue weighted by molar-refractivity contribution is 9.10. The van der Waals surface area contributed by atoms with E-state index in [1.807, 2.05) is 0 Å². The maximum absolute atomic E-state index is 12.3. The second-order valence-electron chi connectivity index (χ2n) is 4.00. The Kier molecular flexibility index (Phi) is 3.91. The van der Waals surface area contributed by atoms with Gasteiger partial charge in [-0.2, -0.15) is 5.10 Å². The fourth-order valence-electron chi connectivity index (χ4n) is 1.58. The van der Waals surface area contributed by atoms with Crippen LogP contribution in [0.4, 0.5) is 11.5 Å². The minimum Gasteiger partial charge on any atom is -0.495 e. The zero-order chi connectivity index (χ0) is 14.9. The summed E-state index contributed by atoms with van der Waals surface area (Å²) >= 11 is 3.22. The summed E-state index contributed by atoms with van der Waals surface area (Å²) in [5, 5.41) is 3.96.